The largest absolute Gasteiger partial charge is 0.507 e. The van der Waals surface area contributed by atoms with Gasteiger partial charge in [0.25, 0.3) is 11.7 Å². The molecule has 4 N–H and O–H groups in total. The van der Waals surface area contributed by atoms with Crippen molar-refractivity contribution in [2.45, 2.75) is 136 Å². The number of hydrogen-bond acceptors (Lipinski definition) is 16. The first-order chi connectivity index (χ1) is 36.4. The molecule has 3 aromatic rings. The molecule has 0 radical (unpaired) electrons. The number of anilines is 1. The van der Waals surface area contributed by atoms with Crippen LogP contribution >= 0.6 is 0 Å². The summed E-state index contributed by atoms with van der Waals surface area (Å²) < 4.78 is 48.5. The van der Waals surface area contributed by atoms with Crippen molar-refractivity contribution in [3.8, 4) is 17.2 Å². The van der Waals surface area contributed by atoms with Gasteiger partial charge in [-0.25, -0.2) is 4.39 Å². The van der Waals surface area contributed by atoms with E-state index in [1.54, 1.807) is 46.8 Å². The minimum Gasteiger partial charge on any atom is -0.507 e. The highest BCUT2D eigenvalue weighted by Crippen LogP contribution is 2.53. The Labute approximate surface area is 445 Å². The van der Waals surface area contributed by atoms with Crippen LogP contribution in [-0.4, -0.2) is 118 Å². The first kappa shape index (κ1) is 54.8. The smallest absolute Gasteiger partial charge is 0.312 e. The number of aromatic hydroxyl groups is 1. The molecule has 6 heterocycles. The van der Waals surface area contributed by atoms with Gasteiger partial charge < -0.3 is 53.8 Å². The second-order valence-corrected chi connectivity index (χ2v) is 21.9. The molecule has 1 saturated heterocycles. The molecule has 5 bridgehead atoms. The number of aliphatic hydroxyl groups is 2. The molecule has 2 fully saturated rings. The number of phenolic OH excluding ortho intramolecular Hbond substituents is 1. The topological polar surface area (TPSA) is 242 Å². The Hall–Kier alpha value is -6.96. The third-order valence-electron chi connectivity index (χ3n) is 16.7. The number of halogens is 1. The average molecular weight is 1060 g/mol. The minimum absolute atomic E-state index is 0.00648. The number of methoxy groups -OCH3 is 2. The number of rotatable bonds is 6. The summed E-state index contributed by atoms with van der Waals surface area (Å²) in [6, 6.07) is 1.16. The van der Waals surface area contributed by atoms with Crippen molar-refractivity contribution in [3.63, 3.8) is 0 Å². The number of nitrogens with one attached hydrogen (secondary N) is 1. The maximum Gasteiger partial charge on any atom is 0.312 e. The number of carbonyl (C=O) groups excluding carboxylic acids is 5. The van der Waals surface area contributed by atoms with Crippen molar-refractivity contribution in [2.75, 3.05) is 32.2 Å². The fourth-order valence-electron chi connectivity index (χ4n) is 11.9. The normalized spacial score (nSPS) is 30.0. The van der Waals surface area contributed by atoms with Gasteiger partial charge in [0.1, 0.15) is 23.3 Å². The number of benzene rings is 2. The summed E-state index contributed by atoms with van der Waals surface area (Å²) in [6.45, 7) is 14.3. The third-order valence-corrected chi connectivity index (χ3v) is 16.7. The molecule has 0 unspecified atom stereocenters. The molecule has 2 aliphatic carbocycles. The van der Waals surface area contributed by atoms with Crippen LogP contribution in [0, 0.1) is 36.4 Å². The highest BCUT2D eigenvalue weighted by atomic mass is 19.1. The molecule has 1 amide bonds. The number of allylic oxidation sites excluding steroid dienone is 3. The lowest BCUT2D eigenvalue weighted by Crippen LogP contribution is -2.46. The van der Waals surface area contributed by atoms with E-state index >= 15 is 14.0 Å². The van der Waals surface area contributed by atoms with Gasteiger partial charge in [0.2, 0.25) is 5.78 Å². The molecule has 77 heavy (non-hydrogen) atoms. The van der Waals surface area contributed by atoms with Crippen LogP contribution < -0.4 is 25.1 Å². The summed E-state index contributed by atoms with van der Waals surface area (Å²) in [5.74, 6) is -8.94. The number of ketones is 3. The van der Waals surface area contributed by atoms with Gasteiger partial charge >= 0.3 is 11.8 Å². The Morgan fingerprint density at radius 1 is 0.935 bits per heavy atom. The van der Waals surface area contributed by atoms with Crippen molar-refractivity contribution in [2.24, 2.45) is 28.7 Å². The highest BCUT2D eigenvalue weighted by molar-refractivity contribution is 6.34. The van der Waals surface area contributed by atoms with Crippen LogP contribution in [0.5, 0.6) is 17.2 Å². The van der Waals surface area contributed by atoms with Gasteiger partial charge in [-0.2, -0.15) is 0 Å². The van der Waals surface area contributed by atoms with E-state index in [1.165, 1.54) is 66.5 Å². The molecule has 410 valence electrons. The average Bonchev–Trinajstić information content (AvgIpc) is 4.26. The fraction of sp³-hybridized carbons (Fsp3) is 0.500. The fourth-order valence-corrected chi connectivity index (χ4v) is 11.9. The number of aromatic nitrogens is 1. The predicted molar refractivity (Wildman–Crippen MR) is 282 cm³/mol. The number of aliphatic hydroxyl groups excluding tert-OH is 2. The van der Waals surface area contributed by atoms with Crippen LogP contribution in [0.3, 0.4) is 0 Å². The summed E-state index contributed by atoms with van der Waals surface area (Å²) in [7, 11) is 2.85. The zero-order valence-corrected chi connectivity index (χ0v) is 45.2. The zero-order chi connectivity index (χ0) is 55.9. The SMILES string of the molecule is COc1c(N2CCC3(CC2)CC2=C4NC(=O)/C(C)=C\C=C\[C@H](C)[C@H](O)[C@@H](C)[C@@H](O)[C@@H](C)[C@H](OC(C)=O)[C@H](C)[C@@H](OC)/C=C/O[C@@]5(C)Oc6c(C)c(O)c(c(c6C5=O)C2=N3)C4=O)c(F)cc2c(=O)c(C(C)=O)cn(C3CC3)c12. The monoisotopic (exact) mass is 1060 g/mol. The number of phenols is 1. The van der Waals surface area contributed by atoms with Crippen LogP contribution in [0.25, 0.3) is 10.9 Å². The third kappa shape index (κ3) is 9.36. The quantitative estimate of drug-likeness (QED) is 0.143. The van der Waals surface area contributed by atoms with Crippen molar-refractivity contribution in [1.82, 2.24) is 9.88 Å². The number of esters is 1. The summed E-state index contributed by atoms with van der Waals surface area (Å²) in [5, 5.41) is 38.1. The number of pyridine rings is 1. The maximum absolute atomic E-state index is 16.6. The maximum atomic E-state index is 16.6. The number of carbonyl (C=O) groups is 5. The Balaban J connectivity index is 1.14. The lowest BCUT2D eigenvalue weighted by Gasteiger charge is -2.39. The predicted octanol–water partition coefficient (Wildman–Crippen LogP) is 7.05. The van der Waals surface area contributed by atoms with E-state index in [2.05, 4.69) is 5.32 Å². The van der Waals surface area contributed by atoms with E-state index in [9.17, 15) is 34.5 Å². The van der Waals surface area contributed by atoms with Gasteiger partial charge in [-0.15, -0.1) is 0 Å². The van der Waals surface area contributed by atoms with Crippen molar-refractivity contribution < 1.29 is 67.4 Å². The van der Waals surface area contributed by atoms with Gasteiger partial charge in [-0.1, -0.05) is 45.9 Å². The molecular formula is C58H67FN4O14. The lowest BCUT2D eigenvalue weighted by atomic mass is 9.78. The molecule has 1 aromatic heterocycles. The van der Waals surface area contributed by atoms with Gasteiger partial charge in [-0.05, 0) is 58.6 Å². The number of amides is 1. The number of ether oxygens (including phenoxy) is 5. The zero-order valence-electron chi connectivity index (χ0n) is 45.2. The second kappa shape index (κ2) is 20.4. The molecule has 2 aromatic carbocycles. The Bertz CT molecular complexity index is 3250. The highest BCUT2D eigenvalue weighted by Gasteiger charge is 2.55. The Kier molecular flexibility index (Phi) is 14.6. The summed E-state index contributed by atoms with van der Waals surface area (Å²) >= 11 is 0. The summed E-state index contributed by atoms with van der Waals surface area (Å²) in [6.07, 6.45) is 7.31. The van der Waals surface area contributed by atoms with Gasteiger partial charge in [0.05, 0.1) is 76.2 Å². The molecule has 5 aliphatic heterocycles. The molecule has 10 rings (SSSR count). The standard InChI is InChI=1S/C58H67FN4O14/c1-26-13-12-14-27(2)56(72)60-44-36-24-58(18-20-62(21-19-58)46-38(59)23-35-45(54(46)74-11)63(34-15-16-34)25-37(32(7)64)50(35)69)61-43(36)40-41(51(44)70)49(68)31(6)53-42(40)55(71)57(9,77-53)75-22-17-39(73-10)28(3)52(76-33(8)65)30(5)48(67)29(4)47(26)66/h12-14,17,22-23,25-26,28-30,34,39,47-48,52,66-68H,15-16,18-21,24H2,1-11H3,(H,60,72)/b13-12+,22-17+,27-14-/t26-,28+,29+,30+,39-,47-,48+,52+,57-/m0/s1. The van der Waals surface area contributed by atoms with Gasteiger partial charge in [0.15, 0.2) is 22.8 Å². The number of Topliss-reactive ketones (excluding diaryl/α,β-unsaturated/α-hetero) is 3. The minimum atomic E-state index is -2.07. The van der Waals surface area contributed by atoms with Crippen LogP contribution in [0.2, 0.25) is 0 Å². The van der Waals surface area contributed by atoms with Crippen molar-refractivity contribution >= 4 is 51.5 Å². The number of aliphatic imine (C=N–C) groups is 1. The van der Waals surface area contributed by atoms with Crippen molar-refractivity contribution in [3.05, 3.63) is 104 Å². The van der Waals surface area contributed by atoms with Gasteiger partial charge in [0, 0.05) is 98.7 Å². The first-order valence-corrected chi connectivity index (χ1v) is 26.2. The number of piperidine rings is 1. The van der Waals surface area contributed by atoms with E-state index in [-0.39, 0.29) is 106 Å². The van der Waals surface area contributed by atoms with E-state index in [4.69, 9.17) is 28.7 Å². The van der Waals surface area contributed by atoms with E-state index in [0.717, 1.165) is 18.9 Å². The molecule has 1 saturated carbocycles. The van der Waals surface area contributed by atoms with E-state index in [0.29, 0.717) is 11.1 Å². The number of fused-ring (bicyclic) bond motifs is 14. The van der Waals surface area contributed by atoms with Crippen LogP contribution in [0.1, 0.15) is 136 Å². The van der Waals surface area contributed by atoms with Gasteiger partial charge in [-0.3, -0.25) is 33.8 Å². The molecular weight excluding hydrogens is 996 g/mol. The molecule has 18 nitrogen and oxygen atoms in total. The molecule has 19 heteroatoms. The van der Waals surface area contributed by atoms with Crippen LogP contribution in [-0.2, 0) is 23.8 Å². The van der Waals surface area contributed by atoms with E-state index < -0.39 is 106 Å². The van der Waals surface area contributed by atoms with Crippen LogP contribution in [0.4, 0.5) is 10.1 Å². The molecule has 1 spiro atoms. The summed E-state index contributed by atoms with van der Waals surface area (Å²) in [5.41, 5.74) is -0.815. The Morgan fingerprint density at radius 2 is 1.62 bits per heavy atom. The number of nitrogens with zero attached hydrogens (tertiary/aromatic N) is 3. The van der Waals surface area contributed by atoms with Crippen LogP contribution in [0.15, 0.2) is 69.5 Å². The first-order valence-electron chi connectivity index (χ1n) is 26.2. The lowest BCUT2D eigenvalue weighted by molar-refractivity contribution is -0.160. The number of hydrogen-bond donors (Lipinski definition) is 4. The Morgan fingerprint density at radius 3 is 2.25 bits per heavy atom. The molecule has 7 aliphatic rings. The summed E-state index contributed by atoms with van der Waals surface area (Å²) in [4.78, 5) is 90.2. The van der Waals surface area contributed by atoms with E-state index in [1.807, 2.05) is 9.47 Å². The second-order valence-electron chi connectivity index (χ2n) is 21.9. The van der Waals surface area contributed by atoms with Crippen molar-refractivity contribution in [1.29, 1.82) is 0 Å². The molecule has 9 atom stereocenters.